The Morgan fingerprint density at radius 1 is 0.978 bits per heavy atom. The fourth-order valence-electron chi connectivity index (χ4n) is 5.88. The first-order valence-electron chi connectivity index (χ1n) is 15.4. The molecule has 2 heterocycles. The molecule has 1 amide bonds. The summed E-state index contributed by atoms with van der Waals surface area (Å²) in [4.78, 5) is 34.1. The van der Waals surface area contributed by atoms with E-state index in [4.69, 9.17) is 14.5 Å². The third kappa shape index (κ3) is 8.39. The normalized spacial score (nSPS) is 15.4. The Morgan fingerprint density at radius 2 is 1.51 bits per heavy atom. The Morgan fingerprint density at radius 3 is 2.00 bits per heavy atom. The number of carboxylic acids is 1. The van der Waals surface area contributed by atoms with E-state index in [0.29, 0.717) is 11.3 Å². The number of carbonyl (C=O) groups is 2. The second-order valence-electron chi connectivity index (χ2n) is 13.7. The van der Waals surface area contributed by atoms with Gasteiger partial charge in [-0.05, 0) is 81.7 Å². The monoisotopic (exact) mass is 619 g/mol. The Hall–Kier alpha value is -3.98. The third-order valence-electron chi connectivity index (χ3n) is 8.31. The van der Waals surface area contributed by atoms with E-state index in [9.17, 15) is 19.1 Å². The van der Waals surface area contributed by atoms with Gasteiger partial charge in [-0.2, -0.15) is 0 Å². The average Bonchev–Trinajstić information content (AvgIpc) is 2.96. The molecule has 4 rings (SSSR count). The van der Waals surface area contributed by atoms with Crippen LogP contribution in [0.2, 0.25) is 0 Å². The number of piperidine rings is 1. The van der Waals surface area contributed by atoms with Crippen molar-refractivity contribution in [2.24, 2.45) is 5.41 Å². The summed E-state index contributed by atoms with van der Waals surface area (Å²) in [6.45, 7) is 16.0. The first kappa shape index (κ1) is 33.9. The van der Waals surface area contributed by atoms with Gasteiger partial charge in [0.05, 0.1) is 18.4 Å². The minimum absolute atomic E-state index is 0.198. The Bertz CT molecular complexity index is 1500. The predicted octanol–water partition coefficient (Wildman–Crippen LogP) is 7.84. The topological polar surface area (TPSA) is 92.2 Å². The molecule has 2 aromatic carbocycles. The maximum absolute atomic E-state index is 13.4. The molecule has 0 saturated carbocycles. The minimum Gasteiger partial charge on any atom is -0.479 e. The second kappa shape index (κ2) is 13.6. The Kier molecular flexibility index (Phi) is 10.2. The van der Waals surface area contributed by atoms with E-state index in [2.05, 4.69) is 18.7 Å². The van der Waals surface area contributed by atoms with Crippen LogP contribution < -0.4 is 4.90 Å². The number of benzene rings is 2. The van der Waals surface area contributed by atoms with Crippen molar-refractivity contribution >= 4 is 17.7 Å². The van der Waals surface area contributed by atoms with Crippen molar-refractivity contribution in [1.29, 1.82) is 0 Å². The van der Waals surface area contributed by atoms with E-state index in [1.807, 2.05) is 58.9 Å². The fourth-order valence-corrected chi connectivity index (χ4v) is 5.88. The van der Waals surface area contributed by atoms with Gasteiger partial charge in [0, 0.05) is 48.7 Å². The number of amides is 1. The molecule has 1 atom stereocenters. The van der Waals surface area contributed by atoms with Crippen LogP contribution in [0.1, 0.15) is 81.6 Å². The number of aromatic nitrogens is 1. The van der Waals surface area contributed by atoms with Crippen molar-refractivity contribution in [2.75, 3.05) is 25.1 Å². The Labute approximate surface area is 266 Å². The number of ether oxygens (including phenoxy) is 2. The highest BCUT2D eigenvalue weighted by molar-refractivity contribution is 5.88. The van der Waals surface area contributed by atoms with Crippen molar-refractivity contribution < 1.29 is 28.6 Å². The van der Waals surface area contributed by atoms with Gasteiger partial charge in [-0.3, -0.25) is 9.88 Å². The summed E-state index contributed by atoms with van der Waals surface area (Å²) in [6, 6.07) is 13.9. The summed E-state index contributed by atoms with van der Waals surface area (Å²) >= 11 is 0. The van der Waals surface area contributed by atoms with Gasteiger partial charge in [-0.1, -0.05) is 50.2 Å². The number of methoxy groups -OCH3 is 1. The molecule has 1 aromatic heterocycles. The molecule has 0 spiro atoms. The van der Waals surface area contributed by atoms with Crippen LogP contribution in [0.3, 0.4) is 0 Å². The van der Waals surface area contributed by atoms with E-state index in [1.54, 1.807) is 17.0 Å². The minimum atomic E-state index is -1.19. The summed E-state index contributed by atoms with van der Waals surface area (Å²) in [5.74, 6) is -1.39. The molecular weight excluding hydrogens is 573 g/mol. The lowest BCUT2D eigenvalue weighted by Crippen LogP contribution is -2.39. The molecule has 0 radical (unpaired) electrons. The quantitative estimate of drug-likeness (QED) is 0.261. The van der Waals surface area contributed by atoms with Crippen LogP contribution in [0, 0.1) is 25.1 Å². The van der Waals surface area contributed by atoms with Gasteiger partial charge in [-0.15, -0.1) is 0 Å². The highest BCUT2D eigenvalue weighted by Gasteiger charge is 2.36. The van der Waals surface area contributed by atoms with Gasteiger partial charge in [0.15, 0.2) is 6.10 Å². The molecule has 1 N–H and O–H groups in total. The van der Waals surface area contributed by atoms with Crippen molar-refractivity contribution in [2.45, 2.75) is 86.1 Å². The van der Waals surface area contributed by atoms with Gasteiger partial charge in [-0.25, -0.2) is 14.0 Å². The number of rotatable bonds is 9. The first-order valence-corrected chi connectivity index (χ1v) is 15.4. The summed E-state index contributed by atoms with van der Waals surface area (Å²) in [6.07, 6.45) is 0.266. The van der Waals surface area contributed by atoms with E-state index in [1.165, 1.54) is 19.2 Å². The summed E-state index contributed by atoms with van der Waals surface area (Å²) < 4.78 is 24.6. The standard InChI is InChI=1S/C36H46FN3O5/c1-23-29(27-13-9-25(10-14-27)21-40(34(43)44-8)22-26-11-15-28(37)16-12-26)31(39-19-17-36(6,7)18-20-39)30(24(2)38-23)32(33(41)42)45-35(3,4)5/h9-16,32H,17-22H2,1-8H3,(H,41,42). The number of anilines is 1. The van der Waals surface area contributed by atoms with Crippen LogP contribution in [0.15, 0.2) is 48.5 Å². The van der Waals surface area contributed by atoms with Crippen LogP contribution in [0.25, 0.3) is 11.1 Å². The Balaban J connectivity index is 1.77. The molecule has 1 aliphatic rings. The highest BCUT2D eigenvalue weighted by atomic mass is 19.1. The number of aliphatic carboxylic acids is 1. The van der Waals surface area contributed by atoms with Crippen LogP contribution in [-0.2, 0) is 27.4 Å². The van der Waals surface area contributed by atoms with Crippen molar-refractivity contribution in [3.05, 3.63) is 82.4 Å². The molecule has 45 heavy (non-hydrogen) atoms. The number of nitrogens with zero attached hydrogens (tertiary/aromatic N) is 3. The molecule has 9 heteroatoms. The number of carboxylic acid groups (broad SMARTS) is 1. The highest BCUT2D eigenvalue weighted by Crippen LogP contribution is 2.44. The third-order valence-corrected chi connectivity index (χ3v) is 8.31. The van der Waals surface area contributed by atoms with Crippen molar-refractivity contribution in [3.8, 4) is 11.1 Å². The van der Waals surface area contributed by atoms with E-state index in [0.717, 1.165) is 59.6 Å². The van der Waals surface area contributed by atoms with E-state index in [-0.39, 0.29) is 24.3 Å². The van der Waals surface area contributed by atoms with E-state index < -0.39 is 23.8 Å². The SMILES string of the molecule is COC(=O)N(Cc1ccc(F)cc1)Cc1ccc(-c2c(C)nc(C)c(C(OC(C)(C)C)C(=O)O)c2N2CCC(C)(C)CC2)cc1. The maximum Gasteiger partial charge on any atom is 0.410 e. The van der Waals surface area contributed by atoms with Crippen molar-refractivity contribution in [3.63, 3.8) is 0 Å². The van der Waals surface area contributed by atoms with Gasteiger partial charge in [0.25, 0.3) is 0 Å². The number of hydrogen-bond acceptors (Lipinski definition) is 6. The average molecular weight is 620 g/mol. The van der Waals surface area contributed by atoms with Crippen LogP contribution in [-0.4, -0.2) is 52.9 Å². The maximum atomic E-state index is 13.4. The smallest absolute Gasteiger partial charge is 0.410 e. The molecule has 0 aliphatic carbocycles. The number of halogens is 1. The molecular formula is C36H46FN3O5. The first-order chi connectivity index (χ1) is 21.1. The van der Waals surface area contributed by atoms with Gasteiger partial charge in [0.2, 0.25) is 0 Å². The van der Waals surface area contributed by atoms with Crippen LogP contribution >= 0.6 is 0 Å². The zero-order valence-electron chi connectivity index (χ0n) is 27.7. The largest absolute Gasteiger partial charge is 0.479 e. The molecule has 1 unspecified atom stereocenters. The van der Waals surface area contributed by atoms with Crippen molar-refractivity contribution in [1.82, 2.24) is 9.88 Å². The molecule has 1 saturated heterocycles. The predicted molar refractivity (Wildman–Crippen MR) is 174 cm³/mol. The van der Waals surface area contributed by atoms with E-state index >= 15 is 0 Å². The zero-order chi connectivity index (χ0) is 33.1. The van der Waals surface area contributed by atoms with Crippen LogP contribution in [0.4, 0.5) is 14.9 Å². The summed E-state index contributed by atoms with van der Waals surface area (Å²) in [5, 5.41) is 10.4. The lowest BCUT2D eigenvalue weighted by atomic mass is 9.81. The summed E-state index contributed by atoms with van der Waals surface area (Å²) in [7, 11) is 1.34. The molecule has 3 aromatic rings. The number of aryl methyl sites for hydroxylation is 2. The lowest BCUT2D eigenvalue weighted by molar-refractivity contribution is -0.160. The lowest BCUT2D eigenvalue weighted by Gasteiger charge is -2.41. The molecule has 242 valence electrons. The second-order valence-corrected chi connectivity index (χ2v) is 13.7. The number of carbonyl (C=O) groups excluding carboxylic acids is 1. The van der Waals surface area contributed by atoms with Crippen LogP contribution in [0.5, 0.6) is 0 Å². The van der Waals surface area contributed by atoms with Gasteiger partial charge in [0.1, 0.15) is 5.82 Å². The molecule has 0 bridgehead atoms. The zero-order valence-corrected chi connectivity index (χ0v) is 27.7. The van der Waals surface area contributed by atoms with Gasteiger partial charge < -0.3 is 19.5 Å². The summed E-state index contributed by atoms with van der Waals surface area (Å²) in [5.41, 5.74) is 5.82. The molecule has 1 fully saturated rings. The fraction of sp³-hybridized carbons (Fsp3) is 0.472. The molecule has 1 aliphatic heterocycles. The molecule has 8 nitrogen and oxygen atoms in total. The number of hydrogen-bond donors (Lipinski definition) is 1. The number of pyridine rings is 1. The van der Waals surface area contributed by atoms with Gasteiger partial charge >= 0.3 is 12.1 Å².